The molecule has 0 saturated carbocycles. The van der Waals surface area contributed by atoms with Crippen LogP contribution < -0.4 is 10.6 Å². The minimum atomic E-state index is 0. The molecule has 172 valence electrons. The third-order valence-electron chi connectivity index (χ3n) is 5.36. The molecule has 2 N–H and O–H groups in total. The average Bonchev–Trinajstić information content (AvgIpc) is 2.70. The van der Waals surface area contributed by atoms with Gasteiger partial charge in [-0.05, 0) is 45.7 Å². The summed E-state index contributed by atoms with van der Waals surface area (Å²) in [5.41, 5.74) is 2.65. The normalized spacial score (nSPS) is 15.5. The molecule has 1 saturated heterocycles. The van der Waals surface area contributed by atoms with Crippen molar-refractivity contribution in [2.24, 2.45) is 4.99 Å². The van der Waals surface area contributed by atoms with Crippen molar-refractivity contribution in [3.63, 3.8) is 0 Å². The summed E-state index contributed by atoms with van der Waals surface area (Å²) in [6.45, 7) is 19.2. The summed E-state index contributed by atoms with van der Waals surface area (Å²) in [6, 6.07) is 9.74. The van der Waals surface area contributed by atoms with E-state index in [1.807, 2.05) is 0 Å². The van der Waals surface area contributed by atoms with Crippen LogP contribution in [0.15, 0.2) is 29.3 Å². The molecule has 0 amide bonds. The molecule has 0 unspecified atom stereocenters. The monoisotopic (exact) mass is 531 g/mol. The Labute approximate surface area is 200 Å². The highest BCUT2D eigenvalue weighted by Crippen LogP contribution is 2.14. The molecular weight excluding hydrogens is 489 g/mol. The number of guanidine groups is 1. The molecule has 0 radical (unpaired) electrons. The van der Waals surface area contributed by atoms with Gasteiger partial charge < -0.3 is 15.4 Å². The Morgan fingerprint density at radius 2 is 1.70 bits per heavy atom. The molecule has 0 aliphatic carbocycles. The van der Waals surface area contributed by atoms with E-state index in [-0.39, 0.29) is 24.0 Å². The van der Waals surface area contributed by atoms with Crippen molar-refractivity contribution in [2.45, 2.75) is 59.8 Å². The number of hydrogen-bond donors (Lipinski definition) is 2. The Bertz CT molecular complexity index is 609. The Morgan fingerprint density at radius 3 is 2.30 bits per heavy atom. The molecule has 1 aliphatic rings. The predicted molar refractivity (Wildman–Crippen MR) is 138 cm³/mol. The number of halogens is 1. The molecule has 1 aliphatic heterocycles. The topological polar surface area (TPSA) is 52.1 Å². The zero-order chi connectivity index (χ0) is 21.1. The number of ether oxygens (including phenoxy) is 1. The predicted octanol–water partition coefficient (Wildman–Crippen LogP) is 3.31. The number of benzene rings is 1. The van der Waals surface area contributed by atoms with Crippen LogP contribution in [-0.2, 0) is 17.8 Å². The van der Waals surface area contributed by atoms with Gasteiger partial charge in [0.2, 0.25) is 0 Å². The van der Waals surface area contributed by atoms with Crippen LogP contribution in [-0.4, -0.2) is 73.8 Å². The van der Waals surface area contributed by atoms with Gasteiger partial charge in [0.05, 0.1) is 19.8 Å². The summed E-state index contributed by atoms with van der Waals surface area (Å²) in [5, 5.41) is 6.88. The molecule has 6 nitrogen and oxygen atoms in total. The molecule has 1 fully saturated rings. The first kappa shape index (κ1) is 27.1. The van der Waals surface area contributed by atoms with Gasteiger partial charge in [-0.1, -0.05) is 24.3 Å². The van der Waals surface area contributed by atoms with E-state index in [1.165, 1.54) is 11.1 Å². The van der Waals surface area contributed by atoms with E-state index in [9.17, 15) is 0 Å². The maximum atomic E-state index is 5.47. The summed E-state index contributed by atoms with van der Waals surface area (Å²) in [4.78, 5) is 9.81. The highest BCUT2D eigenvalue weighted by Gasteiger charge is 2.14. The van der Waals surface area contributed by atoms with Crippen LogP contribution in [0.2, 0.25) is 0 Å². The van der Waals surface area contributed by atoms with Gasteiger partial charge in [-0.3, -0.25) is 9.80 Å². The average molecular weight is 532 g/mol. The van der Waals surface area contributed by atoms with E-state index in [0.29, 0.717) is 18.6 Å². The van der Waals surface area contributed by atoms with Gasteiger partial charge in [-0.25, -0.2) is 4.99 Å². The van der Waals surface area contributed by atoms with Crippen molar-refractivity contribution < 1.29 is 4.74 Å². The maximum absolute atomic E-state index is 5.47. The number of nitrogens with zero attached hydrogens (tertiary/aromatic N) is 3. The molecule has 1 heterocycles. The Kier molecular flexibility index (Phi) is 13.6. The highest BCUT2D eigenvalue weighted by atomic mass is 127. The summed E-state index contributed by atoms with van der Waals surface area (Å²) in [5.74, 6) is 0.890. The van der Waals surface area contributed by atoms with Crippen LogP contribution in [0.3, 0.4) is 0 Å². The minimum Gasteiger partial charge on any atom is -0.379 e. The quantitative estimate of drug-likeness (QED) is 0.276. The molecule has 0 spiro atoms. The fourth-order valence-corrected chi connectivity index (χ4v) is 3.79. The third kappa shape index (κ3) is 9.49. The lowest BCUT2D eigenvalue weighted by Crippen LogP contribution is -2.45. The minimum absolute atomic E-state index is 0. The van der Waals surface area contributed by atoms with E-state index in [1.54, 1.807) is 0 Å². The fraction of sp³-hybridized carbons (Fsp3) is 0.696. The van der Waals surface area contributed by atoms with Gasteiger partial charge in [0.15, 0.2) is 5.96 Å². The lowest BCUT2D eigenvalue weighted by atomic mass is 10.1. The second kappa shape index (κ2) is 15.0. The highest BCUT2D eigenvalue weighted by molar-refractivity contribution is 14.0. The Hall–Kier alpha value is -0.900. The molecule has 1 aromatic carbocycles. The van der Waals surface area contributed by atoms with Gasteiger partial charge in [0.25, 0.3) is 0 Å². The molecule has 7 heteroatoms. The molecule has 1 aromatic rings. The van der Waals surface area contributed by atoms with Crippen molar-refractivity contribution >= 4 is 29.9 Å². The molecule has 30 heavy (non-hydrogen) atoms. The SMILES string of the molecule is CCNC(=NCc1ccccc1CN1CCOCC1)NCCN(C(C)C)C(C)C.I. The fourth-order valence-electron chi connectivity index (χ4n) is 3.79. The van der Waals surface area contributed by atoms with Crippen LogP contribution in [0.5, 0.6) is 0 Å². The van der Waals surface area contributed by atoms with Crippen LogP contribution in [0.4, 0.5) is 0 Å². The summed E-state index contributed by atoms with van der Waals surface area (Å²) < 4.78 is 5.47. The van der Waals surface area contributed by atoms with Gasteiger partial charge in [0, 0.05) is 51.4 Å². The van der Waals surface area contributed by atoms with E-state index in [0.717, 1.165) is 58.4 Å². The van der Waals surface area contributed by atoms with Gasteiger partial charge in [-0.2, -0.15) is 0 Å². The standard InChI is InChI=1S/C23H41N5O.HI/c1-6-24-23(25-11-12-28(19(2)3)20(4)5)26-17-21-9-7-8-10-22(21)18-27-13-15-29-16-14-27;/h7-10,19-20H,6,11-18H2,1-5H3,(H2,24,25,26);1H. The van der Waals surface area contributed by atoms with Crippen LogP contribution in [0.25, 0.3) is 0 Å². The molecule has 0 atom stereocenters. The van der Waals surface area contributed by atoms with Crippen molar-refractivity contribution in [1.29, 1.82) is 0 Å². The van der Waals surface area contributed by atoms with E-state index >= 15 is 0 Å². The largest absolute Gasteiger partial charge is 0.379 e. The second-order valence-electron chi connectivity index (χ2n) is 8.20. The number of nitrogens with one attached hydrogen (secondary N) is 2. The van der Waals surface area contributed by atoms with E-state index in [4.69, 9.17) is 9.73 Å². The lowest BCUT2D eigenvalue weighted by molar-refractivity contribution is 0.0341. The van der Waals surface area contributed by atoms with Gasteiger partial charge in [-0.15, -0.1) is 24.0 Å². The van der Waals surface area contributed by atoms with Crippen molar-refractivity contribution in [1.82, 2.24) is 20.4 Å². The van der Waals surface area contributed by atoms with Gasteiger partial charge >= 0.3 is 0 Å². The van der Waals surface area contributed by atoms with Crippen LogP contribution >= 0.6 is 24.0 Å². The first-order chi connectivity index (χ1) is 14.0. The van der Waals surface area contributed by atoms with Crippen molar-refractivity contribution in [3.8, 4) is 0 Å². The smallest absolute Gasteiger partial charge is 0.191 e. The molecule has 0 bridgehead atoms. The summed E-state index contributed by atoms with van der Waals surface area (Å²) >= 11 is 0. The number of rotatable bonds is 10. The maximum Gasteiger partial charge on any atom is 0.191 e. The van der Waals surface area contributed by atoms with E-state index in [2.05, 4.69) is 79.3 Å². The molecule has 0 aromatic heterocycles. The lowest BCUT2D eigenvalue weighted by Gasteiger charge is -2.30. The van der Waals surface area contributed by atoms with Crippen molar-refractivity contribution in [2.75, 3.05) is 45.9 Å². The first-order valence-electron chi connectivity index (χ1n) is 11.2. The van der Waals surface area contributed by atoms with E-state index < -0.39 is 0 Å². The summed E-state index contributed by atoms with van der Waals surface area (Å²) in [7, 11) is 0. The molecular formula is C23H42IN5O. The first-order valence-corrected chi connectivity index (χ1v) is 11.2. The van der Waals surface area contributed by atoms with Crippen molar-refractivity contribution in [3.05, 3.63) is 35.4 Å². The number of hydrogen-bond acceptors (Lipinski definition) is 4. The second-order valence-corrected chi connectivity index (χ2v) is 8.20. The molecule has 2 rings (SSSR count). The van der Waals surface area contributed by atoms with Gasteiger partial charge in [0.1, 0.15) is 0 Å². The number of morpholine rings is 1. The Morgan fingerprint density at radius 1 is 1.07 bits per heavy atom. The van der Waals surface area contributed by atoms with Crippen LogP contribution in [0, 0.1) is 0 Å². The number of aliphatic imine (C=N–C) groups is 1. The van der Waals surface area contributed by atoms with Crippen LogP contribution in [0.1, 0.15) is 45.7 Å². The third-order valence-corrected chi connectivity index (χ3v) is 5.36. The zero-order valence-corrected chi connectivity index (χ0v) is 21.8. The Balaban J connectivity index is 0.00000450. The zero-order valence-electron chi connectivity index (χ0n) is 19.5. The summed E-state index contributed by atoms with van der Waals surface area (Å²) in [6.07, 6.45) is 0.